The second-order valence-corrected chi connectivity index (χ2v) is 19.2. The van der Waals surface area contributed by atoms with Crippen molar-refractivity contribution in [1.29, 1.82) is 0 Å². The lowest BCUT2D eigenvalue weighted by Crippen LogP contribution is -2.38. The lowest BCUT2D eigenvalue weighted by molar-refractivity contribution is -0.0954. The number of benzene rings is 1. The van der Waals surface area contributed by atoms with Gasteiger partial charge in [-0.15, -0.1) is 23.2 Å². The van der Waals surface area contributed by atoms with Crippen molar-refractivity contribution in [3.05, 3.63) is 23.3 Å². The van der Waals surface area contributed by atoms with E-state index in [0.717, 1.165) is 74.6 Å². The van der Waals surface area contributed by atoms with Gasteiger partial charge >= 0.3 is 0 Å². The Hall–Kier alpha value is -0.680. The van der Waals surface area contributed by atoms with Crippen LogP contribution in [0.2, 0.25) is 0 Å². The van der Waals surface area contributed by atoms with Crippen molar-refractivity contribution < 1.29 is 19.7 Å². The first-order chi connectivity index (χ1) is 29.2. The highest BCUT2D eigenvalue weighted by atomic mass is 35.5. The van der Waals surface area contributed by atoms with E-state index in [2.05, 4.69) is 12.1 Å². The van der Waals surface area contributed by atoms with Crippen molar-refractivity contribution in [2.75, 3.05) is 25.0 Å². The maximum atomic E-state index is 9.05. The molecule has 0 unspecified atom stereocenters. The molecular formula is C53H96Cl2O4. The summed E-state index contributed by atoms with van der Waals surface area (Å²) in [6.07, 6.45) is 52.4. The van der Waals surface area contributed by atoms with Crippen molar-refractivity contribution in [3.8, 4) is 11.5 Å². The molecule has 4 nitrogen and oxygen atoms in total. The van der Waals surface area contributed by atoms with Gasteiger partial charge < -0.3 is 19.7 Å². The molecule has 0 radical (unpaired) electrons. The Morgan fingerprint density at radius 3 is 0.831 bits per heavy atom. The summed E-state index contributed by atoms with van der Waals surface area (Å²) < 4.78 is 14.4. The standard InChI is InChI=1S/C53H96Cl2O4/c54-45-35-27-19-11-3-1-9-17-25-33-43-53(44-34-26-18-10-2-4-12-20-28-36-46-55)58-51-49(39-31-23-15-7-5-13-21-29-37-47-56)41-42-50(52(51)59-53)40-32-24-16-8-6-14-22-30-38-48-57/h41-42,56-57H,1-40,43-48H2. The van der Waals surface area contributed by atoms with Gasteiger partial charge in [-0.25, -0.2) is 0 Å². The monoisotopic (exact) mass is 867 g/mol. The number of hydrogen-bond acceptors (Lipinski definition) is 4. The van der Waals surface area contributed by atoms with Gasteiger partial charge in [0.05, 0.1) is 0 Å². The molecule has 0 spiro atoms. The van der Waals surface area contributed by atoms with Crippen LogP contribution in [0, 0.1) is 0 Å². The minimum absolute atomic E-state index is 0.335. The van der Waals surface area contributed by atoms with Gasteiger partial charge in [0.15, 0.2) is 11.5 Å². The van der Waals surface area contributed by atoms with E-state index < -0.39 is 5.79 Å². The summed E-state index contributed by atoms with van der Waals surface area (Å²) in [5.74, 6) is 3.29. The molecular weight excluding hydrogens is 771 g/mol. The van der Waals surface area contributed by atoms with Crippen molar-refractivity contribution in [3.63, 3.8) is 0 Å². The number of hydrogen-bond donors (Lipinski definition) is 2. The Bertz CT molecular complexity index is 970. The lowest BCUT2D eigenvalue weighted by Gasteiger charge is -2.28. The van der Waals surface area contributed by atoms with Gasteiger partial charge in [-0.3, -0.25) is 0 Å². The molecule has 0 aromatic heterocycles. The highest BCUT2D eigenvalue weighted by molar-refractivity contribution is 6.18. The summed E-state index contributed by atoms with van der Waals surface area (Å²) >= 11 is 11.7. The number of unbranched alkanes of at least 4 members (excludes halogenated alkanes) is 34. The van der Waals surface area contributed by atoms with Crippen LogP contribution >= 0.6 is 23.2 Å². The molecule has 0 fully saturated rings. The number of fused-ring (bicyclic) bond motifs is 1. The van der Waals surface area contributed by atoms with Crippen LogP contribution in [0.3, 0.4) is 0 Å². The molecule has 2 N–H and O–H groups in total. The fraction of sp³-hybridized carbons (Fsp3) is 0.887. The highest BCUT2D eigenvalue weighted by Crippen LogP contribution is 2.49. The molecule has 0 atom stereocenters. The zero-order valence-electron chi connectivity index (χ0n) is 38.6. The zero-order chi connectivity index (χ0) is 42.2. The van der Waals surface area contributed by atoms with E-state index in [1.165, 1.54) is 229 Å². The Kier molecular flexibility index (Phi) is 37.0. The van der Waals surface area contributed by atoms with Crippen LogP contribution in [0.5, 0.6) is 11.5 Å². The van der Waals surface area contributed by atoms with E-state index in [0.29, 0.717) is 13.2 Å². The van der Waals surface area contributed by atoms with Crippen molar-refractivity contribution in [2.24, 2.45) is 0 Å². The molecule has 0 bridgehead atoms. The third kappa shape index (κ3) is 28.6. The molecule has 1 aromatic rings. The summed E-state index contributed by atoms with van der Waals surface area (Å²) in [4.78, 5) is 0. The van der Waals surface area contributed by atoms with E-state index in [1.807, 2.05) is 0 Å². The number of aliphatic hydroxyl groups is 2. The minimum atomic E-state index is -0.510. The molecule has 0 aliphatic carbocycles. The van der Waals surface area contributed by atoms with E-state index in [4.69, 9.17) is 42.9 Å². The summed E-state index contributed by atoms with van der Waals surface area (Å²) in [5.41, 5.74) is 2.74. The number of halogens is 2. The number of alkyl halides is 2. The molecule has 346 valence electrons. The largest absolute Gasteiger partial charge is 0.448 e. The van der Waals surface area contributed by atoms with Crippen molar-refractivity contribution in [2.45, 2.75) is 275 Å². The van der Waals surface area contributed by atoms with E-state index in [-0.39, 0.29) is 0 Å². The van der Waals surface area contributed by atoms with E-state index in [9.17, 15) is 0 Å². The first-order valence-electron chi connectivity index (χ1n) is 26.1. The topological polar surface area (TPSA) is 58.9 Å². The molecule has 2 rings (SSSR count). The molecule has 1 heterocycles. The molecule has 59 heavy (non-hydrogen) atoms. The van der Waals surface area contributed by atoms with Crippen molar-refractivity contribution >= 4 is 23.2 Å². The molecule has 6 heteroatoms. The third-order valence-electron chi connectivity index (χ3n) is 12.9. The predicted molar refractivity (Wildman–Crippen MR) is 258 cm³/mol. The van der Waals surface area contributed by atoms with Crippen molar-refractivity contribution in [1.82, 2.24) is 0 Å². The SMILES string of the molecule is OCCCCCCCCCCCc1ccc(CCCCCCCCCCCO)c2c1OC(CCCCCCCCCCCCCl)(CCCCCCCCCCCCCl)O2. The molecule has 1 aliphatic heterocycles. The maximum Gasteiger partial charge on any atom is 0.251 e. The van der Waals surface area contributed by atoms with Gasteiger partial charge in [0.2, 0.25) is 0 Å². The Labute approximate surface area is 376 Å². The van der Waals surface area contributed by atoms with Gasteiger partial charge in [-0.05, 0) is 75.3 Å². The Morgan fingerprint density at radius 2 is 0.559 bits per heavy atom. The fourth-order valence-corrected chi connectivity index (χ4v) is 9.50. The predicted octanol–water partition coefficient (Wildman–Crippen LogP) is 17.3. The molecule has 0 saturated carbocycles. The third-order valence-corrected chi connectivity index (χ3v) is 13.5. The van der Waals surface area contributed by atoms with Crippen LogP contribution in [0.25, 0.3) is 0 Å². The quantitative estimate of drug-likeness (QED) is 0.0506. The number of aliphatic hydroxyl groups excluding tert-OH is 2. The normalized spacial score (nSPS) is 13.2. The molecule has 0 saturated heterocycles. The summed E-state index contributed by atoms with van der Waals surface area (Å²) in [7, 11) is 0. The Morgan fingerprint density at radius 1 is 0.322 bits per heavy atom. The molecule has 1 aliphatic rings. The number of ether oxygens (including phenoxy) is 2. The van der Waals surface area contributed by atoms with Gasteiger partial charge in [-0.1, -0.05) is 205 Å². The van der Waals surface area contributed by atoms with Crippen LogP contribution in [-0.4, -0.2) is 41.0 Å². The molecule has 1 aromatic carbocycles. The maximum absolute atomic E-state index is 9.05. The van der Waals surface area contributed by atoms with Gasteiger partial charge in [0.25, 0.3) is 5.79 Å². The first-order valence-corrected chi connectivity index (χ1v) is 27.1. The van der Waals surface area contributed by atoms with Crippen LogP contribution in [0.4, 0.5) is 0 Å². The summed E-state index contributed by atoms with van der Waals surface area (Å²) in [5, 5.41) is 18.1. The number of aryl methyl sites for hydroxylation is 2. The van der Waals surface area contributed by atoms with Crippen LogP contribution in [0.1, 0.15) is 268 Å². The van der Waals surface area contributed by atoms with Gasteiger partial charge in [-0.2, -0.15) is 0 Å². The highest BCUT2D eigenvalue weighted by Gasteiger charge is 2.42. The van der Waals surface area contributed by atoms with Crippen LogP contribution in [0.15, 0.2) is 12.1 Å². The lowest BCUT2D eigenvalue weighted by atomic mass is 9.98. The minimum Gasteiger partial charge on any atom is -0.448 e. The summed E-state index contributed by atoms with van der Waals surface area (Å²) in [6.45, 7) is 0.670. The summed E-state index contributed by atoms with van der Waals surface area (Å²) in [6, 6.07) is 4.79. The zero-order valence-corrected chi connectivity index (χ0v) is 40.2. The smallest absolute Gasteiger partial charge is 0.251 e. The fourth-order valence-electron chi connectivity index (χ4n) is 9.12. The van der Waals surface area contributed by atoms with E-state index in [1.54, 1.807) is 0 Å². The Balaban J connectivity index is 2.00. The first kappa shape index (κ1) is 54.5. The second-order valence-electron chi connectivity index (χ2n) is 18.4. The average molecular weight is 868 g/mol. The number of rotatable bonds is 46. The van der Waals surface area contributed by atoms with Gasteiger partial charge in [0.1, 0.15) is 0 Å². The second kappa shape index (κ2) is 40.1. The average Bonchev–Trinajstić information content (AvgIpc) is 3.64. The van der Waals surface area contributed by atoms with E-state index >= 15 is 0 Å². The molecule has 0 amide bonds. The van der Waals surface area contributed by atoms with Crippen LogP contribution in [-0.2, 0) is 12.8 Å². The van der Waals surface area contributed by atoms with Crippen LogP contribution < -0.4 is 9.47 Å². The van der Waals surface area contributed by atoms with Gasteiger partial charge in [0, 0.05) is 37.8 Å².